The normalized spacial score (nSPS) is 21.1. The highest BCUT2D eigenvalue weighted by Gasteiger charge is 2.30. The molecule has 1 aliphatic heterocycles. The molecule has 1 aromatic rings. The third-order valence-electron chi connectivity index (χ3n) is 4.62. The standard InChI is InChI=1S/C18H30N2/c1-4-8-17-15-20(14-13-19-17)18(2,3)12-11-16-9-6-5-7-10-16/h5-7,9-10,17,19H,4,8,11-15H2,1-3H3. The maximum absolute atomic E-state index is 3.65. The summed E-state index contributed by atoms with van der Waals surface area (Å²) in [5.41, 5.74) is 1.75. The van der Waals surface area contributed by atoms with Crippen LogP contribution in [-0.4, -0.2) is 36.1 Å². The van der Waals surface area contributed by atoms with Gasteiger partial charge in [0.05, 0.1) is 0 Å². The Bertz CT molecular complexity index is 384. The van der Waals surface area contributed by atoms with Crippen molar-refractivity contribution >= 4 is 0 Å². The van der Waals surface area contributed by atoms with E-state index in [1.54, 1.807) is 0 Å². The molecule has 1 aliphatic rings. The van der Waals surface area contributed by atoms with E-state index in [1.807, 2.05) is 0 Å². The Morgan fingerprint density at radius 1 is 1.25 bits per heavy atom. The maximum atomic E-state index is 3.65. The van der Waals surface area contributed by atoms with Crippen LogP contribution in [0.25, 0.3) is 0 Å². The summed E-state index contributed by atoms with van der Waals surface area (Å²) in [5.74, 6) is 0. The number of benzene rings is 1. The maximum Gasteiger partial charge on any atom is 0.0195 e. The Hall–Kier alpha value is -0.860. The van der Waals surface area contributed by atoms with Crippen LogP contribution in [-0.2, 0) is 6.42 Å². The van der Waals surface area contributed by atoms with Crippen LogP contribution in [0.4, 0.5) is 0 Å². The molecule has 0 saturated carbocycles. The summed E-state index contributed by atoms with van der Waals surface area (Å²) in [6, 6.07) is 11.6. The Kier molecular flexibility index (Phi) is 5.62. The molecule has 1 atom stereocenters. The summed E-state index contributed by atoms with van der Waals surface area (Å²) in [4.78, 5) is 2.69. The van der Waals surface area contributed by atoms with Gasteiger partial charge in [-0.05, 0) is 38.7 Å². The Morgan fingerprint density at radius 2 is 2.00 bits per heavy atom. The second-order valence-electron chi connectivity index (χ2n) is 6.68. The van der Waals surface area contributed by atoms with Crippen molar-refractivity contribution in [1.82, 2.24) is 10.2 Å². The van der Waals surface area contributed by atoms with Gasteiger partial charge in [0.25, 0.3) is 0 Å². The van der Waals surface area contributed by atoms with Crippen molar-refractivity contribution < 1.29 is 0 Å². The highest BCUT2D eigenvalue weighted by Crippen LogP contribution is 2.23. The number of hydrogen-bond acceptors (Lipinski definition) is 2. The van der Waals surface area contributed by atoms with Crippen molar-refractivity contribution in [2.45, 2.75) is 58.0 Å². The second kappa shape index (κ2) is 7.24. The van der Waals surface area contributed by atoms with E-state index in [-0.39, 0.29) is 0 Å². The van der Waals surface area contributed by atoms with E-state index in [0.29, 0.717) is 11.6 Å². The summed E-state index contributed by atoms with van der Waals surface area (Å²) < 4.78 is 0. The second-order valence-corrected chi connectivity index (χ2v) is 6.68. The largest absolute Gasteiger partial charge is 0.311 e. The first kappa shape index (κ1) is 15.5. The summed E-state index contributed by atoms with van der Waals surface area (Å²) >= 11 is 0. The van der Waals surface area contributed by atoms with Crippen molar-refractivity contribution in [2.24, 2.45) is 0 Å². The first-order chi connectivity index (χ1) is 9.62. The van der Waals surface area contributed by atoms with Gasteiger partial charge in [0.1, 0.15) is 0 Å². The molecule has 0 bridgehead atoms. The monoisotopic (exact) mass is 274 g/mol. The SMILES string of the molecule is CCCC1CN(C(C)(C)CCc2ccccc2)CCN1. The zero-order valence-corrected chi connectivity index (χ0v) is 13.4. The van der Waals surface area contributed by atoms with Crippen LogP contribution in [0.1, 0.15) is 45.6 Å². The first-order valence-electron chi connectivity index (χ1n) is 8.14. The number of piperazine rings is 1. The molecule has 0 amide bonds. The molecule has 1 unspecified atom stereocenters. The van der Waals surface area contributed by atoms with Crippen molar-refractivity contribution in [3.63, 3.8) is 0 Å². The lowest BCUT2D eigenvalue weighted by Crippen LogP contribution is -2.57. The minimum atomic E-state index is 0.296. The van der Waals surface area contributed by atoms with Gasteiger partial charge >= 0.3 is 0 Å². The predicted octanol–water partition coefficient (Wildman–Crippen LogP) is 3.47. The highest BCUT2D eigenvalue weighted by molar-refractivity contribution is 5.15. The molecule has 112 valence electrons. The molecule has 20 heavy (non-hydrogen) atoms. The van der Waals surface area contributed by atoms with E-state index in [2.05, 4.69) is 61.3 Å². The number of nitrogens with zero attached hydrogens (tertiary/aromatic N) is 1. The molecule has 2 nitrogen and oxygen atoms in total. The molecule has 1 fully saturated rings. The van der Waals surface area contributed by atoms with Gasteiger partial charge in [0.2, 0.25) is 0 Å². The molecular formula is C18H30N2. The third kappa shape index (κ3) is 4.32. The van der Waals surface area contributed by atoms with Crippen LogP contribution in [0.5, 0.6) is 0 Å². The van der Waals surface area contributed by atoms with E-state index in [4.69, 9.17) is 0 Å². The topological polar surface area (TPSA) is 15.3 Å². The molecule has 0 radical (unpaired) electrons. The Morgan fingerprint density at radius 3 is 2.70 bits per heavy atom. The molecular weight excluding hydrogens is 244 g/mol. The molecule has 0 spiro atoms. The van der Waals surface area contributed by atoms with E-state index >= 15 is 0 Å². The van der Waals surface area contributed by atoms with Crippen LogP contribution in [0.2, 0.25) is 0 Å². The minimum absolute atomic E-state index is 0.296. The summed E-state index contributed by atoms with van der Waals surface area (Å²) in [6.45, 7) is 10.6. The molecule has 2 rings (SSSR count). The van der Waals surface area contributed by atoms with Crippen molar-refractivity contribution in [2.75, 3.05) is 19.6 Å². The van der Waals surface area contributed by atoms with Crippen LogP contribution in [0, 0.1) is 0 Å². The van der Waals surface area contributed by atoms with Crippen LogP contribution >= 0.6 is 0 Å². The zero-order chi connectivity index (χ0) is 14.4. The fourth-order valence-electron chi connectivity index (χ4n) is 3.17. The van der Waals surface area contributed by atoms with E-state index in [9.17, 15) is 0 Å². The smallest absolute Gasteiger partial charge is 0.0195 e. The van der Waals surface area contributed by atoms with Gasteiger partial charge in [-0.25, -0.2) is 0 Å². The molecule has 0 aromatic heterocycles. The number of rotatable bonds is 6. The fourth-order valence-corrected chi connectivity index (χ4v) is 3.17. The Labute approximate surface area is 124 Å². The zero-order valence-electron chi connectivity index (χ0n) is 13.4. The predicted molar refractivity (Wildman–Crippen MR) is 87.1 cm³/mol. The van der Waals surface area contributed by atoms with Crippen molar-refractivity contribution in [1.29, 1.82) is 0 Å². The molecule has 1 aromatic carbocycles. The highest BCUT2D eigenvalue weighted by atomic mass is 15.2. The summed E-state index contributed by atoms with van der Waals surface area (Å²) in [6.07, 6.45) is 4.98. The number of aryl methyl sites for hydroxylation is 1. The summed E-state index contributed by atoms with van der Waals surface area (Å²) in [5, 5.41) is 3.65. The lowest BCUT2D eigenvalue weighted by molar-refractivity contribution is 0.0736. The quantitative estimate of drug-likeness (QED) is 0.854. The lowest BCUT2D eigenvalue weighted by Gasteiger charge is -2.44. The number of nitrogens with one attached hydrogen (secondary N) is 1. The summed E-state index contributed by atoms with van der Waals surface area (Å²) in [7, 11) is 0. The molecule has 2 heteroatoms. The van der Waals surface area contributed by atoms with Gasteiger partial charge in [-0.1, -0.05) is 43.7 Å². The van der Waals surface area contributed by atoms with Gasteiger partial charge < -0.3 is 5.32 Å². The molecule has 0 aliphatic carbocycles. The van der Waals surface area contributed by atoms with Crippen LogP contribution < -0.4 is 5.32 Å². The van der Waals surface area contributed by atoms with E-state index in [1.165, 1.54) is 44.3 Å². The van der Waals surface area contributed by atoms with Gasteiger partial charge in [-0.2, -0.15) is 0 Å². The van der Waals surface area contributed by atoms with Gasteiger partial charge in [-0.3, -0.25) is 4.90 Å². The number of hydrogen-bond donors (Lipinski definition) is 1. The third-order valence-corrected chi connectivity index (χ3v) is 4.62. The van der Waals surface area contributed by atoms with E-state index < -0.39 is 0 Å². The van der Waals surface area contributed by atoms with Crippen molar-refractivity contribution in [3.05, 3.63) is 35.9 Å². The van der Waals surface area contributed by atoms with Crippen molar-refractivity contribution in [3.8, 4) is 0 Å². The van der Waals surface area contributed by atoms with Crippen LogP contribution in [0.3, 0.4) is 0 Å². The first-order valence-corrected chi connectivity index (χ1v) is 8.14. The fraction of sp³-hybridized carbons (Fsp3) is 0.667. The van der Waals surface area contributed by atoms with Gasteiger partial charge in [-0.15, -0.1) is 0 Å². The lowest BCUT2D eigenvalue weighted by atomic mass is 9.91. The van der Waals surface area contributed by atoms with Gasteiger partial charge in [0.15, 0.2) is 0 Å². The van der Waals surface area contributed by atoms with E-state index in [0.717, 1.165) is 6.54 Å². The molecule has 1 heterocycles. The molecule has 1 saturated heterocycles. The Balaban J connectivity index is 1.88. The average Bonchev–Trinajstić information content (AvgIpc) is 2.47. The van der Waals surface area contributed by atoms with Crippen LogP contribution in [0.15, 0.2) is 30.3 Å². The minimum Gasteiger partial charge on any atom is -0.311 e. The average molecular weight is 274 g/mol. The van der Waals surface area contributed by atoms with Gasteiger partial charge in [0, 0.05) is 31.2 Å². The molecule has 1 N–H and O–H groups in total.